The molecule has 0 aliphatic rings. The Hall–Kier alpha value is -1.80. The summed E-state index contributed by atoms with van der Waals surface area (Å²) in [7, 11) is 3.72. The van der Waals surface area contributed by atoms with Crippen LogP contribution >= 0.6 is 0 Å². The van der Waals surface area contributed by atoms with E-state index in [1.165, 1.54) is 22.3 Å². The van der Waals surface area contributed by atoms with Gasteiger partial charge in [0.15, 0.2) is 0 Å². The molecule has 1 N–H and O–H groups in total. The predicted molar refractivity (Wildman–Crippen MR) is 84.5 cm³/mol. The zero-order valence-corrected chi connectivity index (χ0v) is 12.9. The van der Waals surface area contributed by atoms with Crippen molar-refractivity contribution in [1.29, 1.82) is 0 Å². The smallest absolute Gasteiger partial charge is 0.122 e. The van der Waals surface area contributed by atoms with E-state index in [0.29, 0.717) is 0 Å². The van der Waals surface area contributed by atoms with Gasteiger partial charge in [0.05, 0.1) is 13.2 Å². The van der Waals surface area contributed by atoms with E-state index in [1.807, 2.05) is 7.05 Å². The minimum absolute atomic E-state index is 0.185. The van der Waals surface area contributed by atoms with Gasteiger partial charge in [0.2, 0.25) is 0 Å². The molecule has 1 unspecified atom stereocenters. The molecule has 2 nitrogen and oxygen atoms in total. The molecular weight excluding hydrogens is 246 g/mol. The van der Waals surface area contributed by atoms with Crippen LogP contribution in [0.4, 0.5) is 0 Å². The summed E-state index contributed by atoms with van der Waals surface area (Å²) in [6.07, 6.45) is 0. The molecule has 0 saturated carbocycles. The summed E-state index contributed by atoms with van der Waals surface area (Å²) in [5, 5.41) is 3.41. The first kappa shape index (κ1) is 14.6. The molecule has 0 bridgehead atoms. The van der Waals surface area contributed by atoms with Crippen LogP contribution in [0.15, 0.2) is 36.4 Å². The van der Waals surface area contributed by atoms with Crippen molar-refractivity contribution in [2.45, 2.75) is 26.8 Å². The summed E-state index contributed by atoms with van der Waals surface area (Å²) >= 11 is 0. The topological polar surface area (TPSA) is 21.3 Å². The van der Waals surface area contributed by atoms with Crippen molar-refractivity contribution in [3.8, 4) is 5.75 Å². The fourth-order valence-electron chi connectivity index (χ4n) is 2.67. The first-order valence-electron chi connectivity index (χ1n) is 6.95. The van der Waals surface area contributed by atoms with Crippen LogP contribution in [0.2, 0.25) is 0 Å². The number of rotatable bonds is 4. The minimum atomic E-state index is 0.185. The highest BCUT2D eigenvalue weighted by molar-refractivity contribution is 5.43. The van der Waals surface area contributed by atoms with Gasteiger partial charge in [-0.05, 0) is 56.1 Å². The Labute approximate surface area is 121 Å². The summed E-state index contributed by atoms with van der Waals surface area (Å²) in [5.41, 5.74) is 6.30. The average Bonchev–Trinajstić information content (AvgIpc) is 2.43. The normalized spacial score (nSPS) is 12.2. The molecule has 1 atom stereocenters. The Morgan fingerprint density at radius 3 is 2.30 bits per heavy atom. The van der Waals surface area contributed by atoms with E-state index >= 15 is 0 Å². The molecular formula is C18H23NO. The summed E-state index contributed by atoms with van der Waals surface area (Å²) in [6, 6.07) is 13.2. The highest BCUT2D eigenvalue weighted by atomic mass is 16.5. The fourth-order valence-corrected chi connectivity index (χ4v) is 2.67. The predicted octanol–water partition coefficient (Wildman–Crippen LogP) is 3.93. The zero-order valence-electron chi connectivity index (χ0n) is 12.9. The average molecular weight is 269 g/mol. The van der Waals surface area contributed by atoms with Crippen molar-refractivity contribution < 1.29 is 4.74 Å². The molecule has 0 amide bonds. The molecule has 0 spiro atoms. The van der Waals surface area contributed by atoms with Crippen molar-refractivity contribution >= 4 is 0 Å². The Morgan fingerprint density at radius 1 is 0.950 bits per heavy atom. The SMILES string of the molecule is CNC(c1ccc(C)c(OC)c1)c1ccc(C)cc1C. The van der Waals surface area contributed by atoms with E-state index in [1.54, 1.807) is 7.11 Å². The maximum absolute atomic E-state index is 5.44. The lowest BCUT2D eigenvalue weighted by atomic mass is 9.93. The molecule has 0 aliphatic heterocycles. The van der Waals surface area contributed by atoms with Gasteiger partial charge in [-0.15, -0.1) is 0 Å². The second-order valence-corrected chi connectivity index (χ2v) is 5.31. The molecule has 0 aromatic heterocycles. The Kier molecular flexibility index (Phi) is 4.46. The quantitative estimate of drug-likeness (QED) is 0.908. The van der Waals surface area contributed by atoms with E-state index in [2.05, 4.69) is 62.5 Å². The second kappa shape index (κ2) is 6.10. The maximum Gasteiger partial charge on any atom is 0.122 e. The molecule has 2 rings (SSSR count). The summed E-state index contributed by atoms with van der Waals surface area (Å²) in [6.45, 7) is 6.35. The van der Waals surface area contributed by atoms with Gasteiger partial charge in [0, 0.05) is 0 Å². The first-order valence-corrected chi connectivity index (χ1v) is 6.95. The molecule has 20 heavy (non-hydrogen) atoms. The molecule has 2 aromatic rings. The van der Waals surface area contributed by atoms with Crippen LogP contribution in [0.3, 0.4) is 0 Å². The van der Waals surface area contributed by atoms with Crippen molar-refractivity contribution in [1.82, 2.24) is 5.32 Å². The standard InChI is InChI=1S/C18H23NO/c1-12-6-9-16(14(3)10-12)18(19-4)15-8-7-13(2)17(11-15)20-5/h6-11,18-19H,1-5H3. The van der Waals surface area contributed by atoms with Crippen molar-refractivity contribution in [3.05, 3.63) is 64.2 Å². The molecule has 0 aliphatic carbocycles. The Morgan fingerprint density at radius 2 is 1.70 bits per heavy atom. The summed E-state index contributed by atoms with van der Waals surface area (Å²) in [4.78, 5) is 0. The van der Waals surface area contributed by atoms with Gasteiger partial charge < -0.3 is 10.1 Å². The van der Waals surface area contributed by atoms with E-state index in [0.717, 1.165) is 11.3 Å². The van der Waals surface area contributed by atoms with Crippen molar-refractivity contribution in [3.63, 3.8) is 0 Å². The van der Waals surface area contributed by atoms with Gasteiger partial charge in [-0.25, -0.2) is 0 Å². The van der Waals surface area contributed by atoms with Crippen LogP contribution in [0.25, 0.3) is 0 Å². The third-order valence-corrected chi connectivity index (χ3v) is 3.79. The number of methoxy groups -OCH3 is 1. The van der Waals surface area contributed by atoms with Crippen LogP contribution in [-0.2, 0) is 0 Å². The lowest BCUT2D eigenvalue weighted by Crippen LogP contribution is -2.18. The Bertz CT molecular complexity index is 604. The molecule has 2 aromatic carbocycles. The van der Waals surface area contributed by atoms with Gasteiger partial charge in [-0.3, -0.25) is 0 Å². The number of hydrogen-bond acceptors (Lipinski definition) is 2. The van der Waals surface area contributed by atoms with E-state index < -0.39 is 0 Å². The van der Waals surface area contributed by atoms with Crippen LogP contribution in [-0.4, -0.2) is 14.2 Å². The van der Waals surface area contributed by atoms with Gasteiger partial charge in [0.25, 0.3) is 0 Å². The van der Waals surface area contributed by atoms with Crippen LogP contribution in [0.5, 0.6) is 5.75 Å². The molecule has 0 saturated heterocycles. The third-order valence-electron chi connectivity index (χ3n) is 3.79. The monoisotopic (exact) mass is 269 g/mol. The van der Waals surface area contributed by atoms with E-state index in [-0.39, 0.29) is 6.04 Å². The van der Waals surface area contributed by atoms with Gasteiger partial charge in [0.1, 0.15) is 5.75 Å². The Balaban J connectivity index is 2.46. The zero-order chi connectivity index (χ0) is 14.7. The largest absolute Gasteiger partial charge is 0.496 e. The number of ether oxygens (including phenoxy) is 1. The first-order chi connectivity index (χ1) is 9.56. The highest BCUT2D eigenvalue weighted by Gasteiger charge is 2.15. The fraction of sp³-hybridized carbons (Fsp3) is 0.333. The van der Waals surface area contributed by atoms with Crippen molar-refractivity contribution in [2.75, 3.05) is 14.2 Å². The number of benzene rings is 2. The number of aryl methyl sites for hydroxylation is 3. The summed E-state index contributed by atoms with van der Waals surface area (Å²) < 4.78 is 5.44. The molecule has 0 radical (unpaired) electrons. The third kappa shape index (κ3) is 2.86. The van der Waals surface area contributed by atoms with Gasteiger partial charge >= 0.3 is 0 Å². The second-order valence-electron chi connectivity index (χ2n) is 5.31. The van der Waals surface area contributed by atoms with Crippen molar-refractivity contribution in [2.24, 2.45) is 0 Å². The minimum Gasteiger partial charge on any atom is -0.496 e. The van der Waals surface area contributed by atoms with Crippen LogP contribution < -0.4 is 10.1 Å². The van der Waals surface area contributed by atoms with E-state index in [4.69, 9.17) is 4.74 Å². The van der Waals surface area contributed by atoms with Crippen LogP contribution in [0, 0.1) is 20.8 Å². The van der Waals surface area contributed by atoms with Gasteiger partial charge in [-0.1, -0.05) is 35.9 Å². The van der Waals surface area contributed by atoms with Gasteiger partial charge in [-0.2, -0.15) is 0 Å². The lowest BCUT2D eigenvalue weighted by Gasteiger charge is -2.21. The molecule has 0 fully saturated rings. The molecule has 0 heterocycles. The molecule has 2 heteroatoms. The van der Waals surface area contributed by atoms with E-state index in [9.17, 15) is 0 Å². The molecule has 106 valence electrons. The number of hydrogen-bond donors (Lipinski definition) is 1. The maximum atomic E-state index is 5.44. The number of nitrogens with one attached hydrogen (secondary N) is 1. The lowest BCUT2D eigenvalue weighted by molar-refractivity contribution is 0.410. The summed E-state index contributed by atoms with van der Waals surface area (Å²) in [5.74, 6) is 0.938. The van der Waals surface area contributed by atoms with Crippen LogP contribution in [0.1, 0.15) is 33.9 Å². The highest BCUT2D eigenvalue weighted by Crippen LogP contribution is 2.29.